The summed E-state index contributed by atoms with van der Waals surface area (Å²) in [4.78, 5) is 11.6. The van der Waals surface area contributed by atoms with Crippen LogP contribution in [0.2, 0.25) is 0 Å². The zero-order valence-corrected chi connectivity index (χ0v) is 9.91. The molecule has 82 valence electrons. The molecule has 0 fully saturated rings. The second kappa shape index (κ2) is 5.14. The summed E-state index contributed by atoms with van der Waals surface area (Å²) in [5.41, 5.74) is 6.64. The average molecular weight is 273 g/mol. The number of carbonyl (C=O) groups excluding carboxylic acids is 1. The predicted molar refractivity (Wildman–Crippen MR) is 62.6 cm³/mol. The van der Waals surface area contributed by atoms with Crippen LogP contribution in [0, 0.1) is 0 Å². The Morgan fingerprint density at radius 2 is 2.33 bits per heavy atom. The molecule has 0 heterocycles. The van der Waals surface area contributed by atoms with Crippen LogP contribution in [0.1, 0.15) is 17.3 Å². The smallest absolute Gasteiger partial charge is 0.251 e. The van der Waals surface area contributed by atoms with E-state index in [1.165, 1.54) is 0 Å². The van der Waals surface area contributed by atoms with Crippen molar-refractivity contribution in [2.24, 2.45) is 0 Å². The minimum Gasteiger partial charge on any atom is -0.398 e. The molecule has 0 bridgehead atoms. The van der Waals surface area contributed by atoms with Gasteiger partial charge in [0.1, 0.15) is 0 Å². The fourth-order valence-corrected chi connectivity index (χ4v) is 1.28. The maximum atomic E-state index is 11.6. The van der Waals surface area contributed by atoms with E-state index in [0.717, 1.165) is 4.47 Å². The van der Waals surface area contributed by atoms with E-state index in [1.807, 2.05) is 0 Å². The molecule has 1 aromatic rings. The third kappa shape index (κ3) is 3.21. The normalized spacial score (nSPS) is 12.2. The summed E-state index contributed by atoms with van der Waals surface area (Å²) >= 11 is 3.25. The average Bonchev–Trinajstić information content (AvgIpc) is 2.21. The summed E-state index contributed by atoms with van der Waals surface area (Å²) < 4.78 is 0.759. The van der Waals surface area contributed by atoms with Crippen molar-refractivity contribution in [2.75, 3.05) is 12.3 Å². The number of hydrogen-bond acceptors (Lipinski definition) is 3. The Bertz CT molecular complexity index is 368. The standard InChI is InChI=1S/C10H13BrN2O2/c1-6(5-14)13-10(15)7-2-3-8(11)9(12)4-7/h2-4,6,14H,5,12H2,1H3,(H,13,15)/t6-/m1/s1. The van der Waals surface area contributed by atoms with Crippen LogP contribution in [0.4, 0.5) is 5.69 Å². The Kier molecular flexibility index (Phi) is 4.11. The third-order valence-electron chi connectivity index (χ3n) is 1.91. The lowest BCUT2D eigenvalue weighted by Gasteiger charge is -2.11. The monoisotopic (exact) mass is 272 g/mol. The van der Waals surface area contributed by atoms with Crippen LogP contribution in [-0.2, 0) is 0 Å². The molecule has 15 heavy (non-hydrogen) atoms. The number of anilines is 1. The van der Waals surface area contributed by atoms with Gasteiger partial charge in [0, 0.05) is 21.8 Å². The highest BCUT2D eigenvalue weighted by Crippen LogP contribution is 2.20. The molecular formula is C10H13BrN2O2. The summed E-state index contributed by atoms with van der Waals surface area (Å²) in [6.45, 7) is 1.64. The van der Waals surface area contributed by atoms with Crippen molar-refractivity contribution in [1.82, 2.24) is 5.32 Å². The van der Waals surface area contributed by atoms with Gasteiger partial charge in [0.15, 0.2) is 0 Å². The van der Waals surface area contributed by atoms with Gasteiger partial charge in [-0.05, 0) is 41.1 Å². The molecule has 1 aromatic carbocycles. The molecule has 1 amide bonds. The molecule has 0 unspecified atom stereocenters. The first-order chi connectivity index (χ1) is 7.04. The Labute approximate surface area is 96.6 Å². The van der Waals surface area contributed by atoms with E-state index in [4.69, 9.17) is 10.8 Å². The van der Waals surface area contributed by atoms with Crippen LogP contribution >= 0.6 is 15.9 Å². The molecule has 1 rings (SSSR count). The fourth-order valence-electron chi connectivity index (χ4n) is 1.04. The first-order valence-corrected chi connectivity index (χ1v) is 5.30. The van der Waals surface area contributed by atoms with Crippen LogP contribution in [0.5, 0.6) is 0 Å². The highest BCUT2D eigenvalue weighted by molar-refractivity contribution is 9.10. The van der Waals surface area contributed by atoms with Crippen molar-refractivity contribution in [3.63, 3.8) is 0 Å². The minimum absolute atomic E-state index is 0.0856. The summed E-state index contributed by atoms with van der Waals surface area (Å²) in [6.07, 6.45) is 0. The van der Waals surface area contributed by atoms with E-state index >= 15 is 0 Å². The molecule has 4 N–H and O–H groups in total. The van der Waals surface area contributed by atoms with E-state index in [0.29, 0.717) is 11.3 Å². The number of rotatable bonds is 3. The van der Waals surface area contributed by atoms with E-state index < -0.39 is 0 Å². The second-order valence-corrected chi connectivity index (χ2v) is 4.15. The van der Waals surface area contributed by atoms with Gasteiger partial charge in [-0.15, -0.1) is 0 Å². The number of aliphatic hydroxyl groups is 1. The molecular weight excluding hydrogens is 260 g/mol. The summed E-state index contributed by atoms with van der Waals surface area (Å²) in [5.74, 6) is -0.240. The number of nitrogens with one attached hydrogen (secondary N) is 1. The van der Waals surface area contributed by atoms with Gasteiger partial charge in [0.25, 0.3) is 5.91 Å². The number of carbonyl (C=O) groups is 1. The van der Waals surface area contributed by atoms with Gasteiger partial charge in [-0.1, -0.05) is 0 Å². The van der Waals surface area contributed by atoms with Crippen molar-refractivity contribution >= 4 is 27.5 Å². The lowest BCUT2D eigenvalue weighted by Crippen LogP contribution is -2.34. The Morgan fingerprint density at radius 3 is 2.87 bits per heavy atom. The Morgan fingerprint density at radius 1 is 1.67 bits per heavy atom. The van der Waals surface area contributed by atoms with Gasteiger partial charge in [-0.2, -0.15) is 0 Å². The van der Waals surface area contributed by atoms with Crippen LogP contribution in [0.25, 0.3) is 0 Å². The SMILES string of the molecule is C[C@H](CO)NC(=O)c1ccc(Br)c(N)c1. The van der Waals surface area contributed by atoms with Gasteiger partial charge in [0.05, 0.1) is 6.61 Å². The number of aliphatic hydroxyl groups excluding tert-OH is 1. The summed E-state index contributed by atoms with van der Waals surface area (Å²) in [5, 5.41) is 11.4. The number of halogens is 1. The van der Waals surface area contributed by atoms with E-state index in [2.05, 4.69) is 21.2 Å². The number of benzene rings is 1. The minimum atomic E-state index is -0.262. The van der Waals surface area contributed by atoms with Crippen molar-refractivity contribution in [3.8, 4) is 0 Å². The Balaban J connectivity index is 2.78. The molecule has 0 spiro atoms. The van der Waals surface area contributed by atoms with Crippen LogP contribution in [0.15, 0.2) is 22.7 Å². The van der Waals surface area contributed by atoms with Crippen LogP contribution in [-0.4, -0.2) is 23.7 Å². The van der Waals surface area contributed by atoms with Gasteiger partial charge < -0.3 is 16.2 Å². The third-order valence-corrected chi connectivity index (χ3v) is 2.63. The largest absolute Gasteiger partial charge is 0.398 e. The highest BCUT2D eigenvalue weighted by atomic mass is 79.9. The zero-order valence-electron chi connectivity index (χ0n) is 8.33. The van der Waals surface area contributed by atoms with Gasteiger partial charge in [-0.25, -0.2) is 0 Å². The Hall–Kier alpha value is -1.07. The van der Waals surface area contributed by atoms with Gasteiger partial charge in [0.2, 0.25) is 0 Å². The predicted octanol–water partition coefficient (Wildman–Crippen LogP) is 1.14. The molecule has 0 aromatic heterocycles. The maximum Gasteiger partial charge on any atom is 0.251 e. The first-order valence-electron chi connectivity index (χ1n) is 4.51. The summed E-state index contributed by atoms with van der Waals surface area (Å²) in [7, 11) is 0. The molecule has 1 atom stereocenters. The van der Waals surface area contributed by atoms with Crippen LogP contribution < -0.4 is 11.1 Å². The topological polar surface area (TPSA) is 75.3 Å². The quantitative estimate of drug-likeness (QED) is 0.723. The number of hydrogen-bond donors (Lipinski definition) is 3. The molecule has 0 aliphatic heterocycles. The molecule has 0 aliphatic carbocycles. The molecule has 5 heteroatoms. The lowest BCUT2D eigenvalue weighted by atomic mass is 10.2. The van der Waals surface area contributed by atoms with Crippen molar-refractivity contribution < 1.29 is 9.90 Å². The second-order valence-electron chi connectivity index (χ2n) is 3.29. The van der Waals surface area contributed by atoms with E-state index in [1.54, 1.807) is 25.1 Å². The fraction of sp³-hybridized carbons (Fsp3) is 0.300. The molecule has 4 nitrogen and oxygen atoms in total. The van der Waals surface area contributed by atoms with E-state index in [9.17, 15) is 4.79 Å². The van der Waals surface area contributed by atoms with E-state index in [-0.39, 0.29) is 18.6 Å². The maximum absolute atomic E-state index is 11.6. The number of amides is 1. The van der Waals surface area contributed by atoms with Crippen LogP contribution in [0.3, 0.4) is 0 Å². The van der Waals surface area contributed by atoms with Crippen molar-refractivity contribution in [2.45, 2.75) is 13.0 Å². The number of nitrogens with two attached hydrogens (primary N) is 1. The van der Waals surface area contributed by atoms with Crippen molar-refractivity contribution in [1.29, 1.82) is 0 Å². The highest BCUT2D eigenvalue weighted by Gasteiger charge is 2.09. The molecule has 0 saturated heterocycles. The summed E-state index contributed by atoms with van der Waals surface area (Å²) in [6, 6.07) is 4.71. The van der Waals surface area contributed by atoms with Gasteiger partial charge in [-0.3, -0.25) is 4.79 Å². The molecule has 0 radical (unpaired) electrons. The van der Waals surface area contributed by atoms with Gasteiger partial charge >= 0.3 is 0 Å². The molecule has 0 saturated carbocycles. The lowest BCUT2D eigenvalue weighted by molar-refractivity contribution is 0.0922. The van der Waals surface area contributed by atoms with Crippen molar-refractivity contribution in [3.05, 3.63) is 28.2 Å². The number of nitrogen functional groups attached to an aromatic ring is 1. The first kappa shape index (κ1) is 12.0. The molecule has 0 aliphatic rings. The zero-order chi connectivity index (χ0) is 11.4.